The first-order chi connectivity index (χ1) is 9.72. The summed E-state index contributed by atoms with van der Waals surface area (Å²) in [5, 5.41) is 3.59. The van der Waals surface area contributed by atoms with Crippen LogP contribution in [-0.2, 0) is 0 Å². The number of rotatable bonds is 11. The highest BCUT2D eigenvalue weighted by Gasteiger charge is 2.01. The minimum Gasteiger partial charge on any atom is -0.383 e. The maximum absolute atomic E-state index is 3.59. The second kappa shape index (κ2) is 10.8. The lowest BCUT2D eigenvalue weighted by atomic mass is 10.1. The molecule has 0 aliphatic heterocycles. The molecule has 1 nitrogen and oxygen atoms in total. The van der Waals surface area contributed by atoms with E-state index in [9.17, 15) is 0 Å². The topological polar surface area (TPSA) is 12.0 Å². The second-order valence-electron chi connectivity index (χ2n) is 6.17. The van der Waals surface area contributed by atoms with Crippen molar-refractivity contribution in [3.8, 4) is 0 Å². The molecule has 1 atom stereocenters. The molecule has 0 radical (unpaired) electrons. The molecular weight excluding hydrogens is 242 g/mol. The second-order valence-corrected chi connectivity index (χ2v) is 6.17. The number of unbranched alkanes of at least 4 members (excludes halogenated alkanes) is 7. The van der Waals surface area contributed by atoms with E-state index >= 15 is 0 Å². The summed E-state index contributed by atoms with van der Waals surface area (Å²) < 4.78 is 0. The van der Waals surface area contributed by atoms with Gasteiger partial charge in [0.25, 0.3) is 0 Å². The zero-order valence-corrected chi connectivity index (χ0v) is 13.8. The van der Waals surface area contributed by atoms with Gasteiger partial charge in [-0.15, -0.1) is 0 Å². The fourth-order valence-corrected chi connectivity index (χ4v) is 2.59. The molecule has 1 unspecified atom stereocenters. The maximum atomic E-state index is 3.59. The van der Waals surface area contributed by atoms with Crippen molar-refractivity contribution < 1.29 is 0 Å². The van der Waals surface area contributed by atoms with Gasteiger partial charge in [-0.3, -0.25) is 0 Å². The van der Waals surface area contributed by atoms with Crippen LogP contribution in [0.25, 0.3) is 0 Å². The van der Waals surface area contributed by atoms with E-state index in [0.717, 1.165) is 0 Å². The molecule has 1 N–H and O–H groups in total. The summed E-state index contributed by atoms with van der Waals surface area (Å²) in [4.78, 5) is 0. The Morgan fingerprint density at radius 2 is 1.40 bits per heavy atom. The lowest BCUT2D eigenvalue weighted by molar-refractivity contribution is 0.550. The molecule has 20 heavy (non-hydrogen) atoms. The summed E-state index contributed by atoms with van der Waals surface area (Å²) in [5.41, 5.74) is 2.58. The van der Waals surface area contributed by atoms with Crippen LogP contribution in [0.4, 0.5) is 5.69 Å². The van der Waals surface area contributed by atoms with Crippen molar-refractivity contribution in [2.75, 3.05) is 5.32 Å². The lowest BCUT2D eigenvalue weighted by Crippen LogP contribution is -2.14. The van der Waals surface area contributed by atoms with Gasteiger partial charge in [0.1, 0.15) is 0 Å². The highest BCUT2D eigenvalue weighted by Crippen LogP contribution is 2.14. The molecule has 1 rings (SSSR count). The van der Waals surface area contributed by atoms with E-state index in [0.29, 0.717) is 6.04 Å². The van der Waals surface area contributed by atoms with Crippen molar-refractivity contribution in [1.82, 2.24) is 0 Å². The zero-order valence-electron chi connectivity index (χ0n) is 13.8. The Bertz CT molecular complexity index is 328. The average molecular weight is 275 g/mol. The van der Waals surface area contributed by atoms with Gasteiger partial charge in [-0.25, -0.2) is 0 Å². The summed E-state index contributed by atoms with van der Waals surface area (Å²) in [5.74, 6) is 0. The number of benzene rings is 1. The van der Waals surface area contributed by atoms with Gasteiger partial charge in [-0.05, 0) is 32.4 Å². The first-order valence-electron chi connectivity index (χ1n) is 8.55. The summed E-state index contributed by atoms with van der Waals surface area (Å²) in [6.07, 6.45) is 12.5. The van der Waals surface area contributed by atoms with Crippen LogP contribution < -0.4 is 5.32 Å². The van der Waals surface area contributed by atoms with Crippen LogP contribution in [0.15, 0.2) is 24.3 Å². The van der Waals surface area contributed by atoms with Crippen LogP contribution in [0.3, 0.4) is 0 Å². The van der Waals surface area contributed by atoms with E-state index < -0.39 is 0 Å². The molecule has 0 aliphatic carbocycles. The molecule has 0 heterocycles. The van der Waals surface area contributed by atoms with Crippen molar-refractivity contribution in [1.29, 1.82) is 0 Å². The predicted molar refractivity (Wildman–Crippen MR) is 91.5 cm³/mol. The van der Waals surface area contributed by atoms with Gasteiger partial charge in [-0.1, -0.05) is 76.0 Å². The van der Waals surface area contributed by atoms with Gasteiger partial charge in [0.05, 0.1) is 0 Å². The number of nitrogens with one attached hydrogen (secondary N) is 1. The predicted octanol–water partition coefficient (Wildman–Crippen LogP) is 6.33. The SMILES string of the molecule is CCCCCCCCCCC(C)Nc1ccc(C)cc1. The Morgan fingerprint density at radius 3 is 2.00 bits per heavy atom. The molecule has 0 aromatic heterocycles. The van der Waals surface area contributed by atoms with Crippen LogP contribution in [0.1, 0.15) is 77.2 Å². The quantitative estimate of drug-likeness (QED) is 0.465. The van der Waals surface area contributed by atoms with Crippen molar-refractivity contribution in [3.63, 3.8) is 0 Å². The van der Waals surface area contributed by atoms with Crippen LogP contribution in [0, 0.1) is 6.92 Å². The van der Waals surface area contributed by atoms with Gasteiger partial charge < -0.3 is 5.32 Å². The molecule has 0 saturated heterocycles. The summed E-state index contributed by atoms with van der Waals surface area (Å²) in [7, 11) is 0. The first-order valence-corrected chi connectivity index (χ1v) is 8.55. The Kier molecular flexibility index (Phi) is 9.19. The molecular formula is C19H33N. The van der Waals surface area contributed by atoms with E-state index in [-0.39, 0.29) is 0 Å². The van der Waals surface area contributed by atoms with Gasteiger partial charge >= 0.3 is 0 Å². The molecule has 0 aliphatic rings. The molecule has 0 fully saturated rings. The monoisotopic (exact) mass is 275 g/mol. The molecule has 1 aromatic carbocycles. The smallest absolute Gasteiger partial charge is 0.0342 e. The largest absolute Gasteiger partial charge is 0.383 e. The van der Waals surface area contributed by atoms with Crippen LogP contribution in [0.5, 0.6) is 0 Å². The van der Waals surface area contributed by atoms with Gasteiger partial charge in [0, 0.05) is 11.7 Å². The minimum atomic E-state index is 0.581. The van der Waals surface area contributed by atoms with Gasteiger partial charge in [0.15, 0.2) is 0 Å². The van der Waals surface area contributed by atoms with Crippen molar-refractivity contribution in [2.24, 2.45) is 0 Å². The number of hydrogen-bond donors (Lipinski definition) is 1. The third-order valence-electron chi connectivity index (χ3n) is 3.96. The van der Waals surface area contributed by atoms with Crippen LogP contribution in [0.2, 0.25) is 0 Å². The van der Waals surface area contributed by atoms with E-state index in [4.69, 9.17) is 0 Å². The zero-order chi connectivity index (χ0) is 14.6. The molecule has 0 spiro atoms. The van der Waals surface area contributed by atoms with E-state index in [1.807, 2.05) is 0 Å². The highest BCUT2D eigenvalue weighted by atomic mass is 14.9. The van der Waals surface area contributed by atoms with Gasteiger partial charge in [0.2, 0.25) is 0 Å². The third kappa shape index (κ3) is 8.24. The van der Waals surface area contributed by atoms with E-state index in [1.54, 1.807) is 0 Å². The van der Waals surface area contributed by atoms with Gasteiger partial charge in [-0.2, -0.15) is 0 Å². The van der Waals surface area contributed by atoms with Crippen LogP contribution in [-0.4, -0.2) is 6.04 Å². The Balaban J connectivity index is 2.00. The molecule has 0 saturated carbocycles. The summed E-state index contributed by atoms with van der Waals surface area (Å²) in [6.45, 7) is 6.71. The van der Waals surface area contributed by atoms with Crippen molar-refractivity contribution >= 4 is 5.69 Å². The Labute approximate surface area is 126 Å². The highest BCUT2D eigenvalue weighted by molar-refractivity contribution is 5.44. The number of hydrogen-bond acceptors (Lipinski definition) is 1. The average Bonchev–Trinajstić information content (AvgIpc) is 2.44. The fourth-order valence-electron chi connectivity index (χ4n) is 2.59. The standard InChI is InChI=1S/C19H33N/c1-4-5-6-7-8-9-10-11-12-18(3)20-19-15-13-17(2)14-16-19/h13-16,18,20H,4-12H2,1-3H3. The Hall–Kier alpha value is -0.980. The minimum absolute atomic E-state index is 0.581. The normalized spacial score (nSPS) is 12.3. The summed E-state index contributed by atoms with van der Waals surface area (Å²) >= 11 is 0. The summed E-state index contributed by atoms with van der Waals surface area (Å²) in [6, 6.07) is 9.29. The lowest BCUT2D eigenvalue weighted by Gasteiger charge is -2.15. The maximum Gasteiger partial charge on any atom is 0.0342 e. The molecule has 114 valence electrons. The van der Waals surface area contributed by atoms with Crippen molar-refractivity contribution in [2.45, 2.75) is 84.6 Å². The van der Waals surface area contributed by atoms with Crippen LogP contribution >= 0.6 is 0 Å². The third-order valence-corrected chi connectivity index (χ3v) is 3.96. The molecule has 0 amide bonds. The van der Waals surface area contributed by atoms with Crippen molar-refractivity contribution in [3.05, 3.63) is 29.8 Å². The number of aryl methyl sites for hydroxylation is 1. The van der Waals surface area contributed by atoms with E-state index in [1.165, 1.54) is 69.0 Å². The fraction of sp³-hybridized carbons (Fsp3) is 0.684. The molecule has 1 heteroatoms. The van der Waals surface area contributed by atoms with E-state index in [2.05, 4.69) is 50.4 Å². The Morgan fingerprint density at radius 1 is 0.850 bits per heavy atom. The molecule has 1 aromatic rings. The number of anilines is 1. The molecule has 0 bridgehead atoms. The first kappa shape index (κ1) is 17.1.